The second-order valence-corrected chi connectivity index (χ2v) is 12.2. The van der Waals surface area contributed by atoms with Gasteiger partial charge in [0.15, 0.2) is 5.54 Å². The van der Waals surface area contributed by atoms with Crippen LogP contribution in [0.25, 0.3) is 0 Å². The standard InChI is InChI=1S/C25H37N3/c1-14(23-19-5-15-3-16(7-19)8-20(23)6-15)27-28-25(2,13-26)24-21-9-17-4-18(11-21)12-22(24)10-17/h14-24H,3-12H2,1-2H3. The van der Waals surface area contributed by atoms with Crippen molar-refractivity contribution in [2.45, 2.75) is 89.6 Å². The Morgan fingerprint density at radius 2 is 1.18 bits per heavy atom. The second-order valence-electron chi connectivity index (χ2n) is 12.2. The molecule has 2 unspecified atom stereocenters. The van der Waals surface area contributed by atoms with Crippen LogP contribution in [0.5, 0.6) is 0 Å². The fourth-order valence-corrected chi connectivity index (χ4v) is 10.0. The molecule has 0 aliphatic heterocycles. The molecular weight excluding hydrogens is 342 g/mol. The van der Waals surface area contributed by atoms with Gasteiger partial charge in [-0.2, -0.15) is 15.5 Å². The maximum atomic E-state index is 10.2. The van der Waals surface area contributed by atoms with Crippen molar-refractivity contribution in [2.75, 3.05) is 0 Å². The van der Waals surface area contributed by atoms with Crippen molar-refractivity contribution in [1.82, 2.24) is 0 Å². The van der Waals surface area contributed by atoms with Crippen LogP contribution in [0.1, 0.15) is 78.1 Å². The van der Waals surface area contributed by atoms with Crippen molar-refractivity contribution in [2.24, 2.45) is 69.4 Å². The van der Waals surface area contributed by atoms with E-state index in [1.165, 1.54) is 64.2 Å². The highest BCUT2D eigenvalue weighted by molar-refractivity contribution is 5.15. The third-order valence-corrected chi connectivity index (χ3v) is 10.4. The van der Waals surface area contributed by atoms with E-state index in [0.29, 0.717) is 12.0 Å². The smallest absolute Gasteiger partial charge is 0.168 e. The van der Waals surface area contributed by atoms with E-state index in [-0.39, 0.29) is 0 Å². The molecule has 0 aromatic carbocycles. The highest BCUT2D eigenvalue weighted by Gasteiger charge is 2.55. The molecule has 3 heteroatoms. The summed E-state index contributed by atoms with van der Waals surface area (Å²) in [6.07, 6.45) is 14.2. The topological polar surface area (TPSA) is 48.5 Å². The Bertz CT molecular complexity index is 649. The summed E-state index contributed by atoms with van der Waals surface area (Å²) in [5.74, 6) is 8.36. The number of hydrogen-bond acceptors (Lipinski definition) is 3. The number of nitrogens with zero attached hydrogens (tertiary/aromatic N) is 3. The van der Waals surface area contributed by atoms with Gasteiger partial charge in [-0.3, -0.25) is 0 Å². The first-order valence-electron chi connectivity index (χ1n) is 12.4. The van der Waals surface area contributed by atoms with Crippen LogP contribution in [0, 0.1) is 70.5 Å². The fraction of sp³-hybridized carbons (Fsp3) is 0.960. The minimum absolute atomic E-state index is 0.305. The summed E-state index contributed by atoms with van der Waals surface area (Å²) in [4.78, 5) is 0. The van der Waals surface area contributed by atoms with Crippen LogP contribution in [0.2, 0.25) is 0 Å². The van der Waals surface area contributed by atoms with E-state index >= 15 is 0 Å². The molecule has 8 bridgehead atoms. The predicted molar refractivity (Wildman–Crippen MR) is 109 cm³/mol. The van der Waals surface area contributed by atoms with E-state index in [1.807, 2.05) is 0 Å². The summed E-state index contributed by atoms with van der Waals surface area (Å²) in [6, 6.07) is 2.97. The summed E-state index contributed by atoms with van der Waals surface area (Å²) in [6.45, 7) is 4.43. The molecule has 0 aromatic heterocycles. The summed E-state index contributed by atoms with van der Waals surface area (Å²) in [5, 5.41) is 20.1. The molecule has 8 fully saturated rings. The van der Waals surface area contributed by atoms with E-state index in [1.54, 1.807) is 0 Å². The van der Waals surface area contributed by atoms with Gasteiger partial charge < -0.3 is 0 Å². The van der Waals surface area contributed by atoms with Gasteiger partial charge in [-0.25, -0.2) is 0 Å². The van der Waals surface area contributed by atoms with Gasteiger partial charge in [0.05, 0.1) is 12.1 Å². The van der Waals surface area contributed by atoms with Gasteiger partial charge >= 0.3 is 0 Å². The van der Waals surface area contributed by atoms with Crippen molar-refractivity contribution in [3.63, 3.8) is 0 Å². The first-order valence-corrected chi connectivity index (χ1v) is 12.4. The molecule has 0 aromatic rings. The molecule has 28 heavy (non-hydrogen) atoms. The predicted octanol–water partition coefficient (Wildman–Crippen LogP) is 6.25. The zero-order chi connectivity index (χ0) is 19.0. The first-order chi connectivity index (χ1) is 13.5. The molecule has 3 nitrogen and oxygen atoms in total. The average Bonchev–Trinajstić information content (AvgIpc) is 2.64. The van der Waals surface area contributed by atoms with Crippen LogP contribution in [0.4, 0.5) is 0 Å². The SMILES string of the molecule is CC(N=NC(C)(C#N)C1C2CC3CC(C2)CC1C3)C1C2CC3CC(C2)CC1C3. The van der Waals surface area contributed by atoms with Crippen molar-refractivity contribution in [3.05, 3.63) is 0 Å². The van der Waals surface area contributed by atoms with Gasteiger partial charge in [0.25, 0.3) is 0 Å². The highest BCUT2D eigenvalue weighted by atomic mass is 15.2. The van der Waals surface area contributed by atoms with E-state index < -0.39 is 5.54 Å². The first kappa shape index (κ1) is 17.9. The molecule has 0 heterocycles. The molecule has 8 saturated carbocycles. The number of hydrogen-bond donors (Lipinski definition) is 0. The number of azo groups is 1. The van der Waals surface area contributed by atoms with Crippen LogP contribution in [0.3, 0.4) is 0 Å². The Kier molecular flexibility index (Phi) is 4.02. The van der Waals surface area contributed by atoms with Gasteiger partial charge in [-0.1, -0.05) is 0 Å². The third-order valence-electron chi connectivity index (χ3n) is 10.4. The molecule has 0 radical (unpaired) electrons. The summed E-state index contributed by atoms with van der Waals surface area (Å²) in [5.41, 5.74) is -0.594. The van der Waals surface area contributed by atoms with E-state index in [9.17, 15) is 5.26 Å². The minimum Gasteiger partial charge on any atom is -0.196 e. The Morgan fingerprint density at radius 1 is 0.750 bits per heavy atom. The molecule has 8 aliphatic carbocycles. The molecule has 8 aliphatic rings. The van der Waals surface area contributed by atoms with Crippen LogP contribution in [0.15, 0.2) is 10.2 Å². The van der Waals surface area contributed by atoms with Gasteiger partial charge in [0, 0.05) is 5.92 Å². The molecule has 0 saturated heterocycles. The van der Waals surface area contributed by atoms with Crippen molar-refractivity contribution >= 4 is 0 Å². The molecule has 8 rings (SSSR count). The van der Waals surface area contributed by atoms with Gasteiger partial charge in [-0.15, -0.1) is 0 Å². The zero-order valence-electron chi connectivity index (χ0n) is 17.8. The maximum Gasteiger partial charge on any atom is 0.168 e. The number of nitriles is 1. The summed E-state index contributed by atoms with van der Waals surface area (Å²) in [7, 11) is 0. The van der Waals surface area contributed by atoms with Crippen LogP contribution in [-0.2, 0) is 0 Å². The lowest BCUT2D eigenvalue weighted by molar-refractivity contribution is -0.0586. The largest absolute Gasteiger partial charge is 0.196 e. The molecule has 2 atom stereocenters. The average molecular weight is 380 g/mol. The van der Waals surface area contributed by atoms with E-state index in [4.69, 9.17) is 10.2 Å². The third kappa shape index (κ3) is 2.65. The molecular formula is C25H37N3. The van der Waals surface area contributed by atoms with Crippen LogP contribution in [-0.4, -0.2) is 11.6 Å². The monoisotopic (exact) mass is 379 g/mol. The minimum atomic E-state index is -0.594. The second kappa shape index (κ2) is 6.29. The molecule has 0 N–H and O–H groups in total. The lowest BCUT2D eigenvalue weighted by atomic mass is 9.48. The van der Waals surface area contributed by atoms with Crippen molar-refractivity contribution in [1.29, 1.82) is 5.26 Å². The van der Waals surface area contributed by atoms with Gasteiger partial charge in [-0.05, 0) is 131 Å². The lowest BCUT2D eigenvalue weighted by Gasteiger charge is -2.57. The molecule has 0 spiro atoms. The van der Waals surface area contributed by atoms with Gasteiger partial charge in [0.1, 0.15) is 0 Å². The van der Waals surface area contributed by atoms with Gasteiger partial charge in [0.2, 0.25) is 0 Å². The van der Waals surface area contributed by atoms with E-state index in [2.05, 4.69) is 19.9 Å². The zero-order valence-corrected chi connectivity index (χ0v) is 17.8. The van der Waals surface area contributed by atoms with Crippen molar-refractivity contribution in [3.8, 4) is 6.07 Å². The number of rotatable bonds is 4. The quantitative estimate of drug-likeness (QED) is 0.532. The van der Waals surface area contributed by atoms with Crippen LogP contribution >= 0.6 is 0 Å². The highest BCUT2D eigenvalue weighted by Crippen LogP contribution is 2.60. The maximum absolute atomic E-state index is 10.2. The Labute approximate surface area is 170 Å². The molecule has 152 valence electrons. The lowest BCUT2D eigenvalue weighted by Crippen LogP contribution is -2.52. The molecule has 0 amide bonds. The normalized spacial score (nSPS) is 54.0. The van der Waals surface area contributed by atoms with E-state index in [0.717, 1.165) is 53.3 Å². The Hall–Kier alpha value is -0.910. The Balaban J connectivity index is 1.21. The van der Waals surface area contributed by atoms with Crippen molar-refractivity contribution < 1.29 is 0 Å². The summed E-state index contributed by atoms with van der Waals surface area (Å²) < 4.78 is 0. The van der Waals surface area contributed by atoms with Crippen LogP contribution < -0.4 is 0 Å². The Morgan fingerprint density at radius 3 is 1.61 bits per heavy atom. The fourth-order valence-electron chi connectivity index (χ4n) is 10.0. The summed E-state index contributed by atoms with van der Waals surface area (Å²) >= 11 is 0.